The molecule has 1 aliphatic rings. The molecule has 1 aromatic rings. The van der Waals surface area contributed by atoms with Crippen LogP contribution in [0.2, 0.25) is 0 Å². The maximum Gasteiger partial charge on any atom is 0.410 e. The first kappa shape index (κ1) is 14.8. The fraction of sp³-hybridized carbons (Fsp3) is 0.600. The molecule has 1 saturated heterocycles. The SMILES string of the molecule is COC1(c2ccccn2)CCN(C(=O)OC(C)(C)C)C1. The molecule has 1 aliphatic heterocycles. The monoisotopic (exact) mass is 278 g/mol. The summed E-state index contributed by atoms with van der Waals surface area (Å²) in [5.74, 6) is 0. The van der Waals surface area contributed by atoms with Crippen molar-refractivity contribution in [2.24, 2.45) is 0 Å². The van der Waals surface area contributed by atoms with Gasteiger partial charge in [0.05, 0.1) is 12.2 Å². The van der Waals surface area contributed by atoms with E-state index in [1.165, 1.54) is 0 Å². The molecule has 0 saturated carbocycles. The zero-order valence-electron chi connectivity index (χ0n) is 12.5. The second-order valence-electron chi connectivity index (χ2n) is 6.07. The van der Waals surface area contributed by atoms with Crippen LogP contribution in [0, 0.1) is 0 Å². The number of amides is 1. The highest BCUT2D eigenvalue weighted by atomic mass is 16.6. The number of ether oxygens (including phenoxy) is 2. The normalized spacial score (nSPS) is 22.9. The van der Waals surface area contributed by atoms with Crippen molar-refractivity contribution in [1.82, 2.24) is 9.88 Å². The number of hydrogen-bond acceptors (Lipinski definition) is 4. The van der Waals surface area contributed by atoms with Crippen LogP contribution >= 0.6 is 0 Å². The van der Waals surface area contributed by atoms with Gasteiger partial charge in [-0.2, -0.15) is 0 Å². The van der Waals surface area contributed by atoms with Crippen LogP contribution in [-0.4, -0.2) is 41.8 Å². The molecule has 110 valence electrons. The van der Waals surface area contributed by atoms with E-state index in [-0.39, 0.29) is 6.09 Å². The number of methoxy groups -OCH3 is 1. The maximum atomic E-state index is 12.1. The van der Waals surface area contributed by atoms with E-state index in [0.29, 0.717) is 13.1 Å². The van der Waals surface area contributed by atoms with Gasteiger partial charge in [-0.05, 0) is 32.9 Å². The summed E-state index contributed by atoms with van der Waals surface area (Å²) in [4.78, 5) is 18.2. The van der Waals surface area contributed by atoms with E-state index >= 15 is 0 Å². The average molecular weight is 278 g/mol. The van der Waals surface area contributed by atoms with E-state index in [9.17, 15) is 4.79 Å². The molecule has 0 N–H and O–H groups in total. The Bertz CT molecular complexity index is 470. The molecule has 1 fully saturated rings. The topological polar surface area (TPSA) is 51.7 Å². The van der Waals surface area contributed by atoms with Crippen molar-refractivity contribution in [2.75, 3.05) is 20.2 Å². The van der Waals surface area contributed by atoms with Gasteiger partial charge in [0.25, 0.3) is 0 Å². The number of rotatable bonds is 2. The van der Waals surface area contributed by atoms with E-state index < -0.39 is 11.2 Å². The van der Waals surface area contributed by atoms with Crippen LogP contribution in [-0.2, 0) is 15.1 Å². The van der Waals surface area contributed by atoms with Gasteiger partial charge in [0.2, 0.25) is 0 Å². The minimum Gasteiger partial charge on any atom is -0.444 e. The van der Waals surface area contributed by atoms with Crippen LogP contribution < -0.4 is 0 Å². The second-order valence-corrected chi connectivity index (χ2v) is 6.07. The predicted molar refractivity (Wildman–Crippen MR) is 75.3 cm³/mol. The molecule has 1 atom stereocenters. The maximum absolute atomic E-state index is 12.1. The molecule has 0 bridgehead atoms. The summed E-state index contributed by atoms with van der Waals surface area (Å²) in [6, 6.07) is 5.73. The molecule has 0 aliphatic carbocycles. The van der Waals surface area contributed by atoms with E-state index in [1.54, 1.807) is 18.2 Å². The summed E-state index contributed by atoms with van der Waals surface area (Å²) in [6.45, 7) is 6.67. The lowest BCUT2D eigenvalue weighted by Gasteiger charge is -2.28. The molecular weight excluding hydrogens is 256 g/mol. The highest BCUT2D eigenvalue weighted by Crippen LogP contribution is 2.34. The minimum atomic E-state index is -0.530. The van der Waals surface area contributed by atoms with Crippen molar-refractivity contribution in [3.05, 3.63) is 30.1 Å². The Morgan fingerprint density at radius 3 is 2.70 bits per heavy atom. The van der Waals surface area contributed by atoms with E-state index in [2.05, 4.69) is 4.98 Å². The van der Waals surface area contributed by atoms with Crippen molar-refractivity contribution < 1.29 is 14.3 Å². The summed E-state index contributed by atoms with van der Waals surface area (Å²) in [5.41, 5.74) is -0.160. The van der Waals surface area contributed by atoms with Gasteiger partial charge in [-0.25, -0.2) is 4.79 Å². The fourth-order valence-corrected chi connectivity index (χ4v) is 2.38. The van der Waals surface area contributed by atoms with Crippen LogP contribution in [0.5, 0.6) is 0 Å². The van der Waals surface area contributed by atoms with Crippen molar-refractivity contribution in [3.8, 4) is 0 Å². The van der Waals surface area contributed by atoms with E-state index in [0.717, 1.165) is 12.1 Å². The van der Waals surface area contributed by atoms with Crippen LogP contribution in [0.1, 0.15) is 32.9 Å². The minimum absolute atomic E-state index is 0.299. The number of aromatic nitrogens is 1. The molecule has 20 heavy (non-hydrogen) atoms. The highest BCUT2D eigenvalue weighted by molar-refractivity contribution is 5.68. The Labute approximate surface area is 119 Å². The van der Waals surface area contributed by atoms with Crippen LogP contribution in [0.25, 0.3) is 0 Å². The number of carbonyl (C=O) groups is 1. The summed E-state index contributed by atoms with van der Waals surface area (Å²) in [6.07, 6.45) is 2.17. The zero-order valence-corrected chi connectivity index (χ0v) is 12.5. The van der Waals surface area contributed by atoms with Gasteiger partial charge in [0.1, 0.15) is 11.2 Å². The summed E-state index contributed by atoms with van der Waals surface area (Å²) in [5, 5.41) is 0. The molecule has 0 spiro atoms. The quantitative estimate of drug-likeness (QED) is 0.834. The smallest absolute Gasteiger partial charge is 0.410 e. The molecule has 5 heteroatoms. The first-order valence-electron chi connectivity index (χ1n) is 6.81. The first-order chi connectivity index (χ1) is 9.36. The average Bonchev–Trinajstić information content (AvgIpc) is 2.84. The van der Waals surface area contributed by atoms with Crippen molar-refractivity contribution >= 4 is 6.09 Å². The van der Waals surface area contributed by atoms with Crippen molar-refractivity contribution in [2.45, 2.75) is 38.4 Å². The third-order valence-corrected chi connectivity index (χ3v) is 3.41. The Kier molecular flexibility index (Phi) is 3.99. The molecule has 1 amide bonds. The van der Waals surface area contributed by atoms with Crippen molar-refractivity contribution in [3.63, 3.8) is 0 Å². The van der Waals surface area contributed by atoms with Gasteiger partial charge >= 0.3 is 6.09 Å². The molecule has 2 heterocycles. The second kappa shape index (κ2) is 5.40. The predicted octanol–water partition coefficient (Wildman–Crippen LogP) is 2.56. The molecule has 2 rings (SSSR count). The Balaban J connectivity index is 2.12. The summed E-state index contributed by atoms with van der Waals surface area (Å²) in [7, 11) is 1.66. The fourth-order valence-electron chi connectivity index (χ4n) is 2.38. The Hall–Kier alpha value is -1.62. The summed E-state index contributed by atoms with van der Waals surface area (Å²) >= 11 is 0. The van der Waals surface area contributed by atoms with Gasteiger partial charge in [-0.1, -0.05) is 6.07 Å². The number of carbonyl (C=O) groups excluding carboxylic acids is 1. The number of pyridine rings is 1. The van der Waals surface area contributed by atoms with Crippen LogP contribution in [0.15, 0.2) is 24.4 Å². The molecule has 1 aromatic heterocycles. The van der Waals surface area contributed by atoms with Gasteiger partial charge in [-0.3, -0.25) is 4.98 Å². The molecule has 1 unspecified atom stereocenters. The van der Waals surface area contributed by atoms with Crippen molar-refractivity contribution in [1.29, 1.82) is 0 Å². The lowest BCUT2D eigenvalue weighted by atomic mass is 9.98. The standard InChI is InChI=1S/C15H22N2O3/c1-14(2,3)20-13(18)17-10-8-15(11-17,19-4)12-7-5-6-9-16-12/h5-7,9H,8,10-11H2,1-4H3. The van der Waals surface area contributed by atoms with Gasteiger partial charge in [-0.15, -0.1) is 0 Å². The first-order valence-corrected chi connectivity index (χ1v) is 6.81. The number of nitrogens with zero attached hydrogens (tertiary/aromatic N) is 2. The molecule has 0 radical (unpaired) electrons. The Morgan fingerprint density at radius 2 is 2.15 bits per heavy atom. The largest absolute Gasteiger partial charge is 0.444 e. The zero-order chi connectivity index (χ0) is 14.8. The van der Waals surface area contributed by atoms with Gasteiger partial charge < -0.3 is 14.4 Å². The number of hydrogen-bond donors (Lipinski definition) is 0. The van der Waals surface area contributed by atoms with Gasteiger partial charge in [0, 0.05) is 26.3 Å². The van der Waals surface area contributed by atoms with Crippen LogP contribution in [0.3, 0.4) is 0 Å². The van der Waals surface area contributed by atoms with E-state index in [1.807, 2.05) is 39.0 Å². The molecular formula is C15H22N2O3. The number of likely N-dealkylation sites (tertiary alicyclic amines) is 1. The Morgan fingerprint density at radius 1 is 1.40 bits per heavy atom. The third kappa shape index (κ3) is 3.10. The van der Waals surface area contributed by atoms with Gasteiger partial charge in [0.15, 0.2) is 0 Å². The molecule has 5 nitrogen and oxygen atoms in total. The third-order valence-electron chi connectivity index (χ3n) is 3.41. The lowest BCUT2D eigenvalue weighted by Crippen LogP contribution is -2.39. The highest BCUT2D eigenvalue weighted by Gasteiger charge is 2.43. The van der Waals surface area contributed by atoms with E-state index in [4.69, 9.17) is 9.47 Å². The summed E-state index contributed by atoms with van der Waals surface area (Å²) < 4.78 is 11.1. The molecule has 0 aromatic carbocycles. The van der Waals surface area contributed by atoms with Crippen LogP contribution in [0.4, 0.5) is 4.79 Å². The lowest BCUT2D eigenvalue weighted by molar-refractivity contribution is -0.0158.